The van der Waals surface area contributed by atoms with E-state index in [1.165, 1.54) is 81.5 Å². The number of rotatable bonds is 19. The van der Waals surface area contributed by atoms with Crippen LogP contribution in [0.5, 0.6) is 0 Å². The zero-order chi connectivity index (χ0) is 23.6. The van der Waals surface area contributed by atoms with Gasteiger partial charge in [0.1, 0.15) is 0 Å². The Morgan fingerprint density at radius 2 is 1.47 bits per heavy atom. The van der Waals surface area contributed by atoms with E-state index < -0.39 is 18.0 Å². The van der Waals surface area contributed by atoms with Crippen molar-refractivity contribution >= 4 is 23.7 Å². The molecule has 1 aliphatic carbocycles. The van der Waals surface area contributed by atoms with Gasteiger partial charge in [-0.25, -0.2) is 0 Å². The van der Waals surface area contributed by atoms with Gasteiger partial charge in [-0.3, -0.25) is 9.59 Å². The maximum absolute atomic E-state index is 10.9. The second-order valence-corrected chi connectivity index (χ2v) is 10.5. The number of thioether (sulfide) groups is 1. The first-order valence-electron chi connectivity index (χ1n) is 12.9. The quantitative estimate of drug-likeness (QED) is 0.141. The number of unbranched alkanes of at least 4 members (excludes halogenated alkanes) is 11. The van der Waals surface area contributed by atoms with Gasteiger partial charge in [0.2, 0.25) is 0 Å². The summed E-state index contributed by atoms with van der Waals surface area (Å²) in [6, 6.07) is 0. The van der Waals surface area contributed by atoms with Crippen molar-refractivity contribution in [1.82, 2.24) is 0 Å². The van der Waals surface area contributed by atoms with Crippen molar-refractivity contribution in [1.29, 1.82) is 0 Å². The van der Waals surface area contributed by atoms with Crippen LogP contribution in [0.25, 0.3) is 0 Å². The molecule has 0 amide bonds. The van der Waals surface area contributed by atoms with Crippen LogP contribution in [0.2, 0.25) is 0 Å². The van der Waals surface area contributed by atoms with Crippen molar-refractivity contribution in [3.8, 4) is 0 Å². The van der Waals surface area contributed by atoms with Gasteiger partial charge < -0.3 is 15.3 Å². The maximum Gasteiger partial charge on any atom is 0.304 e. The molecule has 1 saturated carbocycles. The van der Waals surface area contributed by atoms with Crippen molar-refractivity contribution in [2.75, 3.05) is 5.75 Å². The van der Waals surface area contributed by atoms with Crippen LogP contribution in [0, 0.1) is 5.92 Å². The summed E-state index contributed by atoms with van der Waals surface area (Å²) < 4.78 is 0. The fraction of sp³-hybridized carbons (Fsp3) is 0.846. The molecule has 3 atom stereocenters. The lowest BCUT2D eigenvalue weighted by Crippen LogP contribution is -2.37. The molecule has 0 spiro atoms. The van der Waals surface area contributed by atoms with Gasteiger partial charge in [-0.1, -0.05) is 82.8 Å². The molecule has 1 aliphatic rings. The van der Waals surface area contributed by atoms with Crippen molar-refractivity contribution < 1.29 is 24.9 Å². The number of aliphatic carboxylic acids is 2. The topological polar surface area (TPSA) is 94.8 Å². The van der Waals surface area contributed by atoms with Crippen LogP contribution in [0.3, 0.4) is 0 Å². The predicted molar refractivity (Wildman–Crippen MR) is 133 cm³/mol. The number of carboxylic acid groups (broad SMARTS) is 2. The van der Waals surface area contributed by atoms with Gasteiger partial charge in [-0.15, -0.1) is 0 Å². The molecule has 186 valence electrons. The predicted octanol–water partition coefficient (Wildman–Crippen LogP) is 6.83. The summed E-state index contributed by atoms with van der Waals surface area (Å²) in [4.78, 5) is 21.8. The second kappa shape index (κ2) is 18.4. The molecular weight excluding hydrogens is 424 g/mol. The van der Waals surface area contributed by atoms with E-state index in [9.17, 15) is 14.7 Å². The number of allylic oxidation sites excluding steroid dienone is 1. The minimum atomic E-state index is -0.829. The molecule has 32 heavy (non-hydrogen) atoms. The van der Waals surface area contributed by atoms with Gasteiger partial charge in [0, 0.05) is 12.2 Å². The minimum Gasteiger partial charge on any atom is -0.481 e. The highest BCUT2D eigenvalue weighted by molar-refractivity contribution is 8.00. The lowest BCUT2D eigenvalue weighted by molar-refractivity contribution is -0.138. The van der Waals surface area contributed by atoms with Crippen LogP contribution in [-0.2, 0) is 9.59 Å². The third-order valence-corrected chi connectivity index (χ3v) is 7.90. The molecule has 0 heterocycles. The summed E-state index contributed by atoms with van der Waals surface area (Å²) in [6.45, 7) is 2.25. The largest absolute Gasteiger partial charge is 0.481 e. The third kappa shape index (κ3) is 13.5. The van der Waals surface area contributed by atoms with E-state index in [0.717, 1.165) is 25.7 Å². The highest BCUT2D eigenvalue weighted by atomic mass is 32.2. The molecule has 1 rings (SSSR count). The highest BCUT2D eigenvalue weighted by Crippen LogP contribution is 2.39. The number of hydrogen-bond donors (Lipinski definition) is 3. The van der Waals surface area contributed by atoms with Gasteiger partial charge >= 0.3 is 11.9 Å². The minimum absolute atomic E-state index is 0.0208. The molecule has 5 nitrogen and oxygen atoms in total. The fourth-order valence-corrected chi connectivity index (χ4v) is 5.94. The molecule has 6 heteroatoms. The molecule has 0 saturated heterocycles. The lowest BCUT2D eigenvalue weighted by Gasteiger charge is -2.36. The van der Waals surface area contributed by atoms with Crippen LogP contribution in [0.15, 0.2) is 11.6 Å². The van der Waals surface area contributed by atoms with E-state index in [1.807, 2.05) is 0 Å². The van der Waals surface area contributed by atoms with E-state index in [-0.39, 0.29) is 24.0 Å². The summed E-state index contributed by atoms with van der Waals surface area (Å²) in [6.07, 6.45) is 19.6. The van der Waals surface area contributed by atoms with Crippen LogP contribution >= 0.6 is 11.8 Å². The summed E-state index contributed by atoms with van der Waals surface area (Å²) in [7, 11) is 0. The van der Waals surface area contributed by atoms with E-state index >= 15 is 0 Å². The summed E-state index contributed by atoms with van der Waals surface area (Å²) in [5.74, 6) is -1.20. The maximum atomic E-state index is 10.9. The van der Waals surface area contributed by atoms with Gasteiger partial charge in [0.15, 0.2) is 0 Å². The molecule has 1 fully saturated rings. The molecule has 3 N–H and O–H groups in total. The molecule has 0 radical (unpaired) electrons. The smallest absolute Gasteiger partial charge is 0.304 e. The third-order valence-electron chi connectivity index (χ3n) is 6.52. The second-order valence-electron chi connectivity index (χ2n) is 9.26. The van der Waals surface area contributed by atoms with Crippen LogP contribution in [0.1, 0.15) is 116 Å². The van der Waals surface area contributed by atoms with Crippen LogP contribution in [-0.4, -0.2) is 44.4 Å². The van der Waals surface area contributed by atoms with Crippen molar-refractivity contribution in [2.45, 2.75) is 127 Å². The Labute approximate surface area is 199 Å². The molecular formula is C26H46O5S. The summed E-state index contributed by atoms with van der Waals surface area (Å²) in [5.41, 5.74) is 1.23. The average molecular weight is 471 g/mol. The number of carboxylic acids is 2. The van der Waals surface area contributed by atoms with E-state index in [1.54, 1.807) is 0 Å². The molecule has 0 aromatic carbocycles. The van der Waals surface area contributed by atoms with Gasteiger partial charge in [0.25, 0.3) is 0 Å². The average Bonchev–Trinajstić information content (AvgIpc) is 2.75. The molecule has 0 unspecified atom stereocenters. The lowest BCUT2D eigenvalue weighted by atomic mass is 9.80. The van der Waals surface area contributed by atoms with Gasteiger partial charge in [0.05, 0.1) is 17.8 Å². The Morgan fingerprint density at radius 1 is 0.906 bits per heavy atom. The number of aliphatic hydroxyl groups is 1. The van der Waals surface area contributed by atoms with E-state index in [2.05, 4.69) is 13.0 Å². The zero-order valence-corrected chi connectivity index (χ0v) is 20.9. The van der Waals surface area contributed by atoms with Crippen molar-refractivity contribution in [2.24, 2.45) is 5.92 Å². The zero-order valence-electron chi connectivity index (χ0n) is 20.1. The van der Waals surface area contributed by atoms with Crippen LogP contribution < -0.4 is 0 Å². The van der Waals surface area contributed by atoms with Crippen molar-refractivity contribution in [3.63, 3.8) is 0 Å². The van der Waals surface area contributed by atoms with Crippen molar-refractivity contribution in [3.05, 3.63) is 11.6 Å². The first-order valence-corrected chi connectivity index (χ1v) is 13.9. The SMILES string of the molecule is CCCCCCCCCCCCCC=C1CC[C@@H](CCC(=O)O)[C@@H](O)[C@H]1SCCC(=O)O. The Morgan fingerprint density at radius 3 is 2.03 bits per heavy atom. The van der Waals surface area contributed by atoms with Crippen LogP contribution in [0.4, 0.5) is 0 Å². The Hall–Kier alpha value is -1.01. The normalized spacial score (nSPS) is 22.3. The number of carbonyl (C=O) groups is 2. The summed E-state index contributed by atoms with van der Waals surface area (Å²) in [5, 5.41) is 28.7. The standard InChI is InChI=1S/C26H46O5S/c1-2-3-4-5-6-7-8-9-10-11-12-13-14-22-16-15-21(17-18-23(27)28)25(31)26(22)32-20-19-24(29)30/h14,21,25-26,31H,2-13,15-20H2,1H3,(H,27,28)(H,29,30)/t21-,25+,26-/m0/s1. The summed E-state index contributed by atoms with van der Waals surface area (Å²) >= 11 is 1.52. The molecule has 0 bridgehead atoms. The fourth-order valence-electron chi connectivity index (χ4n) is 4.55. The molecule has 0 aromatic rings. The first kappa shape index (κ1) is 29.0. The Bertz CT molecular complexity index is 548. The first-order chi connectivity index (χ1) is 15.5. The van der Waals surface area contributed by atoms with E-state index in [0.29, 0.717) is 12.2 Å². The van der Waals surface area contributed by atoms with Gasteiger partial charge in [-0.05, 0) is 38.0 Å². The molecule has 0 aliphatic heterocycles. The van der Waals surface area contributed by atoms with Gasteiger partial charge in [-0.2, -0.15) is 11.8 Å². The molecule has 0 aromatic heterocycles. The Kier molecular flexibility index (Phi) is 16.7. The van der Waals surface area contributed by atoms with E-state index in [4.69, 9.17) is 10.2 Å². The monoisotopic (exact) mass is 470 g/mol. The number of hydrogen-bond acceptors (Lipinski definition) is 4. The number of aliphatic hydroxyl groups excluding tert-OH is 1. The highest BCUT2D eigenvalue weighted by Gasteiger charge is 2.35. The Balaban J connectivity index is 2.34.